The number of carbonyl (C=O) groups is 1. The van der Waals surface area contributed by atoms with Gasteiger partial charge in [0.2, 0.25) is 0 Å². The zero-order valence-corrected chi connectivity index (χ0v) is 13.0. The Bertz CT molecular complexity index is 662. The molecule has 20 heavy (non-hydrogen) atoms. The molecule has 1 amide bonds. The van der Waals surface area contributed by atoms with Crippen LogP contribution in [0.15, 0.2) is 40.9 Å². The number of amides is 1. The summed E-state index contributed by atoms with van der Waals surface area (Å²) < 4.78 is 5.98. The van der Waals surface area contributed by atoms with Gasteiger partial charge in [-0.2, -0.15) is 0 Å². The highest BCUT2D eigenvalue weighted by Crippen LogP contribution is 2.28. The molecule has 0 heterocycles. The van der Waals surface area contributed by atoms with E-state index in [1.165, 1.54) is 0 Å². The number of hydrogen-bond donors (Lipinski definition) is 2. The van der Waals surface area contributed by atoms with Gasteiger partial charge in [-0.25, -0.2) is 0 Å². The molecule has 0 spiro atoms. The minimum Gasteiger partial charge on any atom is -0.495 e. The summed E-state index contributed by atoms with van der Waals surface area (Å²) in [7, 11) is 1.56. The maximum Gasteiger partial charge on any atom is 0.257 e. The summed E-state index contributed by atoms with van der Waals surface area (Å²) in [4.78, 5) is 12.1. The third-order valence-electron chi connectivity index (χ3n) is 2.67. The minimum absolute atomic E-state index is 0.302. The van der Waals surface area contributed by atoms with E-state index in [4.69, 9.17) is 22.1 Å². The molecule has 0 radical (unpaired) electrons. The van der Waals surface area contributed by atoms with Crippen LogP contribution in [0, 0.1) is 0 Å². The Kier molecular flexibility index (Phi) is 4.52. The molecule has 0 bridgehead atoms. The van der Waals surface area contributed by atoms with Crippen molar-refractivity contribution in [2.24, 2.45) is 0 Å². The monoisotopic (exact) mass is 354 g/mol. The van der Waals surface area contributed by atoms with Crippen molar-refractivity contribution in [2.75, 3.05) is 18.2 Å². The van der Waals surface area contributed by atoms with Crippen LogP contribution in [0.1, 0.15) is 10.4 Å². The molecule has 6 heteroatoms. The second kappa shape index (κ2) is 6.15. The number of hydrogen-bond acceptors (Lipinski definition) is 3. The lowest BCUT2D eigenvalue weighted by Gasteiger charge is -2.10. The van der Waals surface area contributed by atoms with E-state index in [1.807, 2.05) is 0 Å². The average molecular weight is 356 g/mol. The second-order valence-corrected chi connectivity index (χ2v) is 5.33. The van der Waals surface area contributed by atoms with Crippen molar-refractivity contribution in [2.45, 2.75) is 0 Å². The molecule has 0 saturated carbocycles. The quantitative estimate of drug-likeness (QED) is 0.820. The van der Waals surface area contributed by atoms with Crippen LogP contribution in [0.4, 0.5) is 11.4 Å². The highest BCUT2D eigenvalue weighted by molar-refractivity contribution is 9.10. The Hall–Kier alpha value is -1.72. The van der Waals surface area contributed by atoms with Crippen LogP contribution < -0.4 is 15.8 Å². The third kappa shape index (κ3) is 3.23. The molecule has 2 rings (SSSR count). The number of nitrogens with one attached hydrogen (secondary N) is 1. The second-order valence-electron chi connectivity index (χ2n) is 4.04. The van der Waals surface area contributed by atoms with E-state index in [2.05, 4.69) is 21.2 Å². The molecule has 0 atom stereocenters. The van der Waals surface area contributed by atoms with Crippen molar-refractivity contribution < 1.29 is 9.53 Å². The number of rotatable bonds is 3. The molecular weight excluding hydrogens is 344 g/mol. The average Bonchev–Trinajstić information content (AvgIpc) is 2.40. The van der Waals surface area contributed by atoms with Crippen LogP contribution in [0.2, 0.25) is 5.02 Å². The molecule has 0 aliphatic rings. The van der Waals surface area contributed by atoms with Crippen LogP contribution in [0.3, 0.4) is 0 Å². The van der Waals surface area contributed by atoms with Gasteiger partial charge in [-0.1, -0.05) is 11.6 Å². The fourth-order valence-corrected chi connectivity index (χ4v) is 2.27. The predicted molar refractivity (Wildman–Crippen MR) is 84.5 cm³/mol. The van der Waals surface area contributed by atoms with E-state index in [-0.39, 0.29) is 5.91 Å². The maximum atomic E-state index is 12.1. The predicted octanol–water partition coefficient (Wildman–Crippen LogP) is 3.95. The Morgan fingerprint density at radius 2 is 2.05 bits per heavy atom. The standard InChI is InChI=1S/C14H12BrClN2O2/c1-20-13-7-9(3-5-11(13)15)18-14(19)10-4-2-8(16)6-12(10)17/h2-7H,17H2,1H3,(H,18,19). The molecule has 4 nitrogen and oxygen atoms in total. The van der Waals surface area contributed by atoms with Gasteiger partial charge in [0.15, 0.2) is 0 Å². The molecule has 0 unspecified atom stereocenters. The number of halogens is 2. The first-order valence-electron chi connectivity index (χ1n) is 5.71. The summed E-state index contributed by atoms with van der Waals surface area (Å²) in [6, 6.07) is 10.0. The van der Waals surface area contributed by atoms with Crippen molar-refractivity contribution in [3.8, 4) is 5.75 Å². The zero-order chi connectivity index (χ0) is 14.7. The van der Waals surface area contributed by atoms with Gasteiger partial charge in [0.1, 0.15) is 5.75 Å². The highest BCUT2D eigenvalue weighted by atomic mass is 79.9. The van der Waals surface area contributed by atoms with Gasteiger partial charge < -0.3 is 15.8 Å². The largest absolute Gasteiger partial charge is 0.495 e. The van der Waals surface area contributed by atoms with Crippen molar-refractivity contribution in [1.29, 1.82) is 0 Å². The molecule has 3 N–H and O–H groups in total. The lowest BCUT2D eigenvalue weighted by Crippen LogP contribution is -2.14. The van der Waals surface area contributed by atoms with E-state index in [1.54, 1.807) is 43.5 Å². The summed E-state index contributed by atoms with van der Waals surface area (Å²) in [6.07, 6.45) is 0. The Morgan fingerprint density at radius 3 is 2.70 bits per heavy atom. The third-order valence-corrected chi connectivity index (χ3v) is 3.56. The van der Waals surface area contributed by atoms with Gasteiger partial charge in [0.05, 0.1) is 17.1 Å². The summed E-state index contributed by atoms with van der Waals surface area (Å²) in [6.45, 7) is 0. The lowest BCUT2D eigenvalue weighted by atomic mass is 10.1. The van der Waals surface area contributed by atoms with E-state index in [0.717, 1.165) is 4.47 Å². The fourth-order valence-electron chi connectivity index (χ4n) is 1.68. The van der Waals surface area contributed by atoms with Crippen LogP contribution in [0.25, 0.3) is 0 Å². The normalized spacial score (nSPS) is 10.2. The topological polar surface area (TPSA) is 64.3 Å². The number of methoxy groups -OCH3 is 1. The van der Waals surface area contributed by atoms with Gasteiger partial charge in [0, 0.05) is 22.5 Å². The molecule has 0 fully saturated rings. The molecule has 2 aromatic rings. The molecular formula is C14H12BrClN2O2. The van der Waals surface area contributed by atoms with Crippen LogP contribution in [-0.2, 0) is 0 Å². The van der Waals surface area contributed by atoms with Crippen LogP contribution in [0.5, 0.6) is 5.75 Å². The minimum atomic E-state index is -0.302. The molecule has 0 aliphatic heterocycles. The smallest absolute Gasteiger partial charge is 0.257 e. The first kappa shape index (κ1) is 14.7. The van der Waals surface area contributed by atoms with Crippen LogP contribution >= 0.6 is 27.5 Å². The zero-order valence-electron chi connectivity index (χ0n) is 10.6. The highest BCUT2D eigenvalue weighted by Gasteiger charge is 2.11. The van der Waals surface area contributed by atoms with E-state index in [9.17, 15) is 4.79 Å². The Labute approximate surface area is 130 Å². The van der Waals surface area contributed by atoms with Gasteiger partial charge >= 0.3 is 0 Å². The number of benzene rings is 2. The Morgan fingerprint density at radius 1 is 1.30 bits per heavy atom. The first-order chi connectivity index (χ1) is 9.51. The maximum absolute atomic E-state index is 12.1. The van der Waals surface area contributed by atoms with Crippen molar-refractivity contribution in [3.63, 3.8) is 0 Å². The van der Waals surface area contributed by atoms with E-state index >= 15 is 0 Å². The molecule has 0 aliphatic carbocycles. The fraction of sp³-hybridized carbons (Fsp3) is 0.0714. The molecule has 0 saturated heterocycles. The molecule has 2 aromatic carbocycles. The number of anilines is 2. The van der Waals surface area contributed by atoms with Crippen molar-refractivity contribution in [3.05, 3.63) is 51.5 Å². The van der Waals surface area contributed by atoms with Crippen LogP contribution in [-0.4, -0.2) is 13.0 Å². The number of ether oxygens (including phenoxy) is 1. The summed E-state index contributed by atoms with van der Waals surface area (Å²) in [5.74, 6) is 0.329. The summed E-state index contributed by atoms with van der Waals surface area (Å²) in [5, 5.41) is 3.25. The van der Waals surface area contributed by atoms with Crippen molar-refractivity contribution in [1.82, 2.24) is 0 Å². The lowest BCUT2D eigenvalue weighted by molar-refractivity contribution is 0.102. The first-order valence-corrected chi connectivity index (χ1v) is 6.88. The number of carbonyl (C=O) groups excluding carboxylic acids is 1. The van der Waals surface area contributed by atoms with E-state index < -0.39 is 0 Å². The molecule has 104 valence electrons. The van der Waals surface area contributed by atoms with Gasteiger partial charge in [-0.15, -0.1) is 0 Å². The number of nitrogens with two attached hydrogens (primary N) is 1. The van der Waals surface area contributed by atoms with E-state index in [0.29, 0.717) is 27.7 Å². The number of nitrogen functional groups attached to an aromatic ring is 1. The van der Waals surface area contributed by atoms with Gasteiger partial charge in [0.25, 0.3) is 5.91 Å². The summed E-state index contributed by atoms with van der Waals surface area (Å²) >= 11 is 9.15. The Balaban J connectivity index is 2.23. The summed E-state index contributed by atoms with van der Waals surface area (Å²) in [5.41, 5.74) is 7.10. The van der Waals surface area contributed by atoms with Gasteiger partial charge in [-0.3, -0.25) is 4.79 Å². The van der Waals surface area contributed by atoms with Crippen molar-refractivity contribution >= 4 is 44.8 Å². The van der Waals surface area contributed by atoms with Gasteiger partial charge in [-0.05, 0) is 46.3 Å². The SMILES string of the molecule is COc1cc(NC(=O)c2ccc(Cl)cc2N)ccc1Br. The molecule has 0 aromatic heterocycles.